The number of hydrogen-bond acceptors (Lipinski definition) is 3. The van der Waals surface area contributed by atoms with Gasteiger partial charge in [0.15, 0.2) is 0 Å². The molecule has 0 saturated carbocycles. The van der Waals surface area contributed by atoms with Gasteiger partial charge in [0.05, 0.1) is 0 Å². The van der Waals surface area contributed by atoms with E-state index in [-0.39, 0.29) is 0 Å². The van der Waals surface area contributed by atoms with E-state index in [0.717, 1.165) is 26.2 Å². The second-order valence-electron chi connectivity index (χ2n) is 7.01. The molecule has 3 heteroatoms. The van der Waals surface area contributed by atoms with Gasteiger partial charge in [-0.2, -0.15) is 0 Å². The molecule has 0 bridgehead atoms. The predicted molar refractivity (Wildman–Crippen MR) is 93.7 cm³/mol. The summed E-state index contributed by atoms with van der Waals surface area (Å²) >= 11 is 1.96. The molecular weight excluding hydrogens is 276 g/mol. The molecule has 1 aromatic heterocycles. The van der Waals surface area contributed by atoms with Crippen LogP contribution in [-0.2, 0) is 13.1 Å². The van der Waals surface area contributed by atoms with E-state index in [9.17, 15) is 0 Å². The summed E-state index contributed by atoms with van der Waals surface area (Å²) in [6.45, 7) is 14.7. The fourth-order valence-corrected chi connectivity index (χ4v) is 3.78. The summed E-state index contributed by atoms with van der Waals surface area (Å²) in [6, 6.07) is 4.58. The lowest BCUT2D eigenvalue weighted by molar-refractivity contribution is 0.273. The van der Waals surface area contributed by atoms with E-state index in [4.69, 9.17) is 0 Å². The van der Waals surface area contributed by atoms with Crippen molar-refractivity contribution in [3.63, 3.8) is 0 Å². The third-order valence-corrected chi connectivity index (χ3v) is 5.15. The lowest BCUT2D eigenvalue weighted by Crippen LogP contribution is -2.30. The Morgan fingerprint density at radius 1 is 1.24 bits per heavy atom. The fourth-order valence-electron chi connectivity index (χ4n) is 2.75. The van der Waals surface area contributed by atoms with E-state index in [0.29, 0.717) is 5.41 Å². The largest absolute Gasteiger partial charge is 0.312 e. The highest BCUT2D eigenvalue weighted by Gasteiger charge is 2.21. The zero-order valence-electron chi connectivity index (χ0n) is 14.0. The van der Waals surface area contributed by atoms with Crippen LogP contribution in [0.15, 0.2) is 23.8 Å². The van der Waals surface area contributed by atoms with Crippen LogP contribution in [0.25, 0.3) is 0 Å². The van der Waals surface area contributed by atoms with Crippen molar-refractivity contribution in [1.82, 2.24) is 10.2 Å². The van der Waals surface area contributed by atoms with E-state index in [1.807, 2.05) is 11.3 Å². The maximum absolute atomic E-state index is 3.48. The Labute approximate surface area is 134 Å². The van der Waals surface area contributed by atoms with Crippen molar-refractivity contribution >= 4 is 11.3 Å². The monoisotopic (exact) mass is 306 g/mol. The van der Waals surface area contributed by atoms with Gasteiger partial charge in [-0.3, -0.25) is 4.90 Å². The minimum Gasteiger partial charge on any atom is -0.312 e. The van der Waals surface area contributed by atoms with Crippen molar-refractivity contribution in [3.05, 3.63) is 33.5 Å². The number of hydrogen-bond donors (Lipinski definition) is 1. The SMILES string of the molecule is CCCNCc1ccc(CN2CC=C(C(C)(C)C)CC2)s1. The second kappa shape index (κ2) is 7.57. The Morgan fingerprint density at radius 2 is 2.00 bits per heavy atom. The predicted octanol–water partition coefficient (Wildman–Crippen LogP) is 4.43. The quantitative estimate of drug-likeness (QED) is 0.618. The molecule has 0 radical (unpaired) electrons. The third-order valence-electron chi connectivity index (χ3n) is 4.08. The van der Waals surface area contributed by atoms with E-state index in [1.54, 1.807) is 5.57 Å². The van der Waals surface area contributed by atoms with E-state index in [2.05, 4.69) is 56.1 Å². The van der Waals surface area contributed by atoms with Crippen molar-refractivity contribution < 1.29 is 0 Å². The summed E-state index contributed by atoms with van der Waals surface area (Å²) < 4.78 is 0. The van der Waals surface area contributed by atoms with E-state index >= 15 is 0 Å². The van der Waals surface area contributed by atoms with Crippen molar-refractivity contribution in [3.8, 4) is 0 Å². The zero-order chi connectivity index (χ0) is 15.3. The average molecular weight is 307 g/mol. The Bertz CT molecular complexity index is 468. The zero-order valence-corrected chi connectivity index (χ0v) is 14.9. The van der Waals surface area contributed by atoms with Crippen molar-refractivity contribution in [2.24, 2.45) is 5.41 Å². The molecule has 0 aliphatic carbocycles. The number of nitrogens with one attached hydrogen (secondary N) is 1. The van der Waals surface area contributed by atoms with Gasteiger partial charge in [0.2, 0.25) is 0 Å². The normalized spacial score (nSPS) is 17.0. The van der Waals surface area contributed by atoms with E-state index in [1.165, 1.54) is 29.1 Å². The van der Waals surface area contributed by atoms with Crippen LogP contribution in [0.5, 0.6) is 0 Å². The molecule has 2 heterocycles. The highest BCUT2D eigenvalue weighted by Crippen LogP contribution is 2.30. The van der Waals surface area contributed by atoms with Crippen LogP contribution in [0.3, 0.4) is 0 Å². The highest BCUT2D eigenvalue weighted by molar-refractivity contribution is 7.11. The molecule has 1 aliphatic rings. The first-order valence-electron chi connectivity index (χ1n) is 8.19. The van der Waals surface area contributed by atoms with Gasteiger partial charge >= 0.3 is 0 Å². The molecule has 0 fully saturated rings. The minimum absolute atomic E-state index is 0.340. The molecule has 2 rings (SSSR count). The molecule has 0 unspecified atom stereocenters. The number of thiophene rings is 1. The molecular formula is C18H30N2S. The van der Waals surface area contributed by atoms with E-state index < -0.39 is 0 Å². The summed E-state index contributed by atoms with van der Waals surface area (Å²) in [5.74, 6) is 0. The molecule has 118 valence electrons. The summed E-state index contributed by atoms with van der Waals surface area (Å²) in [5, 5.41) is 3.48. The van der Waals surface area contributed by atoms with Crippen molar-refractivity contribution in [1.29, 1.82) is 0 Å². The first kappa shape index (κ1) is 16.7. The fraction of sp³-hybridized carbons (Fsp3) is 0.667. The standard InChI is InChI=1S/C18H30N2S/c1-5-10-19-13-16-6-7-17(21-16)14-20-11-8-15(9-12-20)18(2,3)4/h6-8,19H,5,9-14H2,1-4H3. The van der Waals surface area contributed by atoms with Gasteiger partial charge in [-0.1, -0.05) is 39.3 Å². The second-order valence-corrected chi connectivity index (χ2v) is 8.26. The topological polar surface area (TPSA) is 15.3 Å². The minimum atomic E-state index is 0.340. The molecule has 0 saturated heterocycles. The van der Waals surface area contributed by atoms with Crippen LogP contribution in [0, 0.1) is 5.41 Å². The molecule has 0 aromatic carbocycles. The van der Waals surface area contributed by atoms with Gasteiger partial charge in [0, 0.05) is 35.9 Å². The molecule has 0 amide bonds. The van der Waals surface area contributed by atoms with Crippen LogP contribution < -0.4 is 5.32 Å². The smallest absolute Gasteiger partial charge is 0.0331 e. The molecule has 0 atom stereocenters. The lowest BCUT2D eigenvalue weighted by atomic mass is 9.83. The molecule has 21 heavy (non-hydrogen) atoms. The summed E-state index contributed by atoms with van der Waals surface area (Å²) in [4.78, 5) is 5.52. The Balaban J connectivity index is 1.82. The maximum Gasteiger partial charge on any atom is 0.0331 e. The van der Waals surface area contributed by atoms with Crippen LogP contribution in [0.2, 0.25) is 0 Å². The van der Waals surface area contributed by atoms with Crippen LogP contribution in [-0.4, -0.2) is 24.5 Å². The van der Waals surface area contributed by atoms with Gasteiger partial charge in [-0.05, 0) is 36.9 Å². The van der Waals surface area contributed by atoms with Crippen LogP contribution in [0.1, 0.15) is 50.3 Å². The Kier molecular flexibility index (Phi) is 6.03. The van der Waals surface area contributed by atoms with Crippen molar-refractivity contribution in [2.75, 3.05) is 19.6 Å². The van der Waals surface area contributed by atoms with Gasteiger partial charge in [-0.15, -0.1) is 11.3 Å². The number of rotatable bonds is 6. The summed E-state index contributed by atoms with van der Waals surface area (Å²) in [7, 11) is 0. The van der Waals surface area contributed by atoms with Gasteiger partial charge in [0.1, 0.15) is 0 Å². The van der Waals surface area contributed by atoms with Gasteiger partial charge in [-0.25, -0.2) is 0 Å². The molecule has 2 nitrogen and oxygen atoms in total. The van der Waals surface area contributed by atoms with Crippen molar-refractivity contribution in [2.45, 2.75) is 53.6 Å². The van der Waals surface area contributed by atoms with Crippen LogP contribution in [0.4, 0.5) is 0 Å². The average Bonchev–Trinajstić information content (AvgIpc) is 2.86. The maximum atomic E-state index is 3.48. The molecule has 1 aliphatic heterocycles. The molecule has 0 spiro atoms. The highest BCUT2D eigenvalue weighted by atomic mass is 32.1. The first-order valence-corrected chi connectivity index (χ1v) is 9.01. The molecule has 1 N–H and O–H groups in total. The lowest BCUT2D eigenvalue weighted by Gasteiger charge is -2.31. The van der Waals surface area contributed by atoms with Gasteiger partial charge in [0.25, 0.3) is 0 Å². The number of nitrogens with zero attached hydrogens (tertiary/aromatic N) is 1. The Hall–Kier alpha value is -0.640. The molecule has 1 aromatic rings. The summed E-state index contributed by atoms with van der Waals surface area (Å²) in [6.07, 6.45) is 4.87. The Morgan fingerprint density at radius 3 is 2.62 bits per heavy atom. The van der Waals surface area contributed by atoms with Gasteiger partial charge < -0.3 is 5.32 Å². The third kappa shape index (κ3) is 5.24. The first-order chi connectivity index (χ1) is 9.99. The summed E-state index contributed by atoms with van der Waals surface area (Å²) in [5.41, 5.74) is 1.96. The van der Waals surface area contributed by atoms with Crippen LogP contribution >= 0.6 is 11.3 Å².